The van der Waals surface area contributed by atoms with E-state index < -0.39 is 7.82 Å². The highest BCUT2D eigenvalue weighted by atomic mass is 127. The Morgan fingerprint density at radius 3 is 2.23 bits per heavy atom. The summed E-state index contributed by atoms with van der Waals surface area (Å²) in [5, 5.41) is 0. The minimum atomic E-state index is -3.94. The molecule has 0 aromatic heterocycles. The molecule has 1 aromatic rings. The predicted octanol–water partition coefficient (Wildman–Crippen LogP) is 0.624. The van der Waals surface area contributed by atoms with Gasteiger partial charge in [-0.25, -0.2) is 0 Å². The van der Waals surface area contributed by atoms with E-state index in [2.05, 4.69) is 56.2 Å². The zero-order valence-corrected chi connectivity index (χ0v) is 16.4. The summed E-state index contributed by atoms with van der Waals surface area (Å²) in [6.45, 7) is 5.63. The standard InChI is InChI=1S/C12H14I.C4H11O4P/c1-2-3-4-8-11-13-12-9-6-5-7-10-12;1-3-7-9(5,6)8-4-2/h5-7,9-10H,2-4H2,1H3;3-4H2,1-2H3,(H,5,6)/q+1;/p-1. The molecule has 0 bridgehead atoms. The molecule has 0 atom stereocenters. The lowest BCUT2D eigenvalue weighted by Crippen LogP contribution is -3.59. The van der Waals surface area contributed by atoms with Gasteiger partial charge in [0.1, 0.15) is 0 Å². The SMILES string of the molecule is CCCCC#C[I+]c1ccccc1.CCOP(=O)([O-])OCC. The van der Waals surface area contributed by atoms with Crippen molar-refractivity contribution in [2.75, 3.05) is 13.2 Å². The maximum atomic E-state index is 10.4. The van der Waals surface area contributed by atoms with Crippen LogP contribution in [0.2, 0.25) is 0 Å². The molecule has 0 unspecified atom stereocenters. The Morgan fingerprint density at radius 1 is 1.14 bits per heavy atom. The molecular formula is C16H24IO4P. The van der Waals surface area contributed by atoms with Gasteiger partial charge in [0.25, 0.3) is 7.82 Å². The van der Waals surface area contributed by atoms with Crippen LogP contribution < -0.4 is 26.1 Å². The van der Waals surface area contributed by atoms with Gasteiger partial charge in [-0.05, 0) is 38.3 Å². The highest BCUT2D eigenvalue weighted by Gasteiger charge is 2.05. The van der Waals surface area contributed by atoms with E-state index in [1.165, 1.54) is 16.4 Å². The molecule has 0 spiro atoms. The molecule has 1 rings (SSSR count). The first-order valence-corrected chi connectivity index (χ1v) is 10.9. The van der Waals surface area contributed by atoms with Crippen molar-refractivity contribution >= 4 is 7.82 Å². The molecule has 1 aromatic carbocycles. The molecule has 22 heavy (non-hydrogen) atoms. The zero-order valence-electron chi connectivity index (χ0n) is 13.4. The Kier molecular flexibility index (Phi) is 14.0. The second-order valence-corrected chi connectivity index (χ2v) is 7.78. The predicted molar refractivity (Wildman–Crippen MR) is 83.3 cm³/mol. The lowest BCUT2D eigenvalue weighted by molar-refractivity contribution is -0.535. The number of hydrogen-bond acceptors (Lipinski definition) is 4. The highest BCUT2D eigenvalue weighted by molar-refractivity contribution is 7.45. The number of phosphoric ester groups is 1. The van der Waals surface area contributed by atoms with Crippen LogP contribution in [0.25, 0.3) is 0 Å². The van der Waals surface area contributed by atoms with Gasteiger partial charge in [-0.1, -0.05) is 31.5 Å². The summed E-state index contributed by atoms with van der Waals surface area (Å²) >= 11 is -0.0522. The summed E-state index contributed by atoms with van der Waals surface area (Å²) in [5.74, 6) is 3.23. The van der Waals surface area contributed by atoms with Crippen molar-refractivity contribution in [2.45, 2.75) is 40.0 Å². The third-order valence-corrected chi connectivity index (χ3v) is 5.33. The summed E-state index contributed by atoms with van der Waals surface area (Å²) in [4.78, 5) is 10.4. The summed E-state index contributed by atoms with van der Waals surface area (Å²) in [7, 11) is -3.94. The highest BCUT2D eigenvalue weighted by Crippen LogP contribution is 2.37. The van der Waals surface area contributed by atoms with Gasteiger partial charge in [0, 0.05) is 6.42 Å². The number of hydrogen-bond donors (Lipinski definition) is 0. The monoisotopic (exact) mass is 438 g/mol. The van der Waals surface area contributed by atoms with E-state index >= 15 is 0 Å². The first-order chi connectivity index (χ1) is 10.6. The van der Waals surface area contributed by atoms with E-state index in [0.29, 0.717) is 0 Å². The second kappa shape index (κ2) is 14.2. The van der Waals surface area contributed by atoms with Crippen molar-refractivity contribution in [2.24, 2.45) is 0 Å². The maximum absolute atomic E-state index is 10.4. The fourth-order valence-electron chi connectivity index (χ4n) is 1.23. The van der Waals surface area contributed by atoms with Crippen molar-refractivity contribution in [3.8, 4) is 9.85 Å². The molecular weight excluding hydrogens is 414 g/mol. The van der Waals surface area contributed by atoms with Crippen LogP contribution in [-0.2, 0) is 13.6 Å². The van der Waals surface area contributed by atoms with Crippen LogP contribution in [0.4, 0.5) is 0 Å². The van der Waals surface area contributed by atoms with Gasteiger partial charge >= 0.3 is 21.2 Å². The smallest absolute Gasteiger partial charge is 0.419 e. The van der Waals surface area contributed by atoms with Gasteiger partial charge in [0.05, 0.1) is 13.2 Å². The van der Waals surface area contributed by atoms with Crippen molar-refractivity contribution in [1.29, 1.82) is 0 Å². The van der Waals surface area contributed by atoms with Crippen LogP contribution in [0, 0.1) is 13.4 Å². The third-order valence-electron chi connectivity index (χ3n) is 2.19. The molecule has 6 heteroatoms. The molecule has 0 saturated carbocycles. The van der Waals surface area contributed by atoms with Crippen LogP contribution in [0.3, 0.4) is 0 Å². The van der Waals surface area contributed by atoms with Gasteiger partial charge in [-0.3, -0.25) is 4.57 Å². The van der Waals surface area contributed by atoms with Crippen LogP contribution in [0.1, 0.15) is 40.0 Å². The van der Waals surface area contributed by atoms with E-state index in [9.17, 15) is 9.46 Å². The molecule has 0 amide bonds. The molecule has 0 aliphatic carbocycles. The topological polar surface area (TPSA) is 58.6 Å². The Morgan fingerprint density at radius 2 is 1.73 bits per heavy atom. The molecule has 0 fully saturated rings. The molecule has 0 heterocycles. The Bertz CT molecular complexity index is 472. The lowest BCUT2D eigenvalue weighted by atomic mass is 10.3. The summed E-state index contributed by atoms with van der Waals surface area (Å²) < 4.78 is 23.6. The zero-order chi connectivity index (χ0) is 16.7. The van der Waals surface area contributed by atoms with Crippen molar-refractivity contribution in [3.63, 3.8) is 0 Å². The molecule has 0 saturated heterocycles. The molecule has 0 radical (unpaired) electrons. The molecule has 0 aliphatic heterocycles. The maximum Gasteiger partial charge on any atom is 0.419 e. The minimum absolute atomic E-state index is 0.0522. The quantitative estimate of drug-likeness (QED) is 0.271. The van der Waals surface area contributed by atoms with Gasteiger partial charge in [0.15, 0.2) is 3.93 Å². The summed E-state index contributed by atoms with van der Waals surface area (Å²) in [6.07, 6.45) is 3.56. The normalized spacial score (nSPS) is 10.2. The third kappa shape index (κ3) is 13.3. The van der Waals surface area contributed by atoms with Gasteiger partial charge in [-0.15, -0.1) is 0 Å². The van der Waals surface area contributed by atoms with Crippen molar-refractivity contribution in [1.82, 2.24) is 0 Å². The van der Waals surface area contributed by atoms with Gasteiger partial charge in [0.2, 0.25) is 3.57 Å². The minimum Gasteiger partial charge on any atom is -0.756 e. The van der Waals surface area contributed by atoms with Crippen molar-refractivity contribution < 1.29 is 39.7 Å². The van der Waals surface area contributed by atoms with E-state index in [1.807, 2.05) is 0 Å². The largest absolute Gasteiger partial charge is 0.756 e. The van der Waals surface area contributed by atoms with E-state index in [4.69, 9.17) is 0 Å². The average molecular weight is 438 g/mol. The number of unbranched alkanes of at least 4 members (excludes halogenated alkanes) is 2. The lowest BCUT2D eigenvalue weighted by Gasteiger charge is -2.20. The van der Waals surface area contributed by atoms with Crippen LogP contribution in [0.15, 0.2) is 30.3 Å². The second-order valence-electron chi connectivity index (χ2n) is 4.05. The first kappa shape index (κ1) is 21.6. The number of halogens is 1. The fourth-order valence-corrected chi connectivity index (χ4v) is 3.49. The van der Waals surface area contributed by atoms with E-state index in [-0.39, 0.29) is 34.4 Å². The molecule has 0 N–H and O–H groups in total. The van der Waals surface area contributed by atoms with Gasteiger partial charge < -0.3 is 13.9 Å². The molecule has 4 nitrogen and oxygen atoms in total. The van der Waals surface area contributed by atoms with Crippen LogP contribution >= 0.6 is 7.82 Å². The van der Waals surface area contributed by atoms with E-state index in [1.54, 1.807) is 13.8 Å². The number of phosphoric acid groups is 1. The number of benzene rings is 1. The van der Waals surface area contributed by atoms with E-state index in [0.717, 1.165) is 6.42 Å². The Labute approximate surface area is 144 Å². The molecule has 0 aliphatic rings. The average Bonchev–Trinajstić information content (AvgIpc) is 2.48. The van der Waals surface area contributed by atoms with Crippen LogP contribution in [-0.4, -0.2) is 13.2 Å². The van der Waals surface area contributed by atoms with Crippen LogP contribution in [0.5, 0.6) is 0 Å². The number of rotatable bonds is 7. The summed E-state index contributed by atoms with van der Waals surface area (Å²) in [5.41, 5.74) is 0. The summed E-state index contributed by atoms with van der Waals surface area (Å²) in [6, 6.07) is 10.6. The first-order valence-electron chi connectivity index (χ1n) is 7.32. The van der Waals surface area contributed by atoms with Gasteiger partial charge in [-0.2, -0.15) is 0 Å². The Balaban J connectivity index is 0.000000433. The molecule has 124 valence electrons. The Hall–Kier alpha value is -0.380. The fraction of sp³-hybridized carbons (Fsp3) is 0.500. The van der Waals surface area contributed by atoms with Crippen molar-refractivity contribution in [3.05, 3.63) is 33.9 Å².